The molecular weight excluding hydrogens is 311 g/mol. The molecule has 0 bridgehead atoms. The molecule has 23 heavy (non-hydrogen) atoms. The molecule has 3 atom stereocenters. The molecule has 1 amide bonds. The third-order valence-electron chi connectivity index (χ3n) is 4.49. The largest absolute Gasteiger partial charge is 0.439 e. The number of aliphatic hydroxyl groups is 1. The van der Waals surface area contributed by atoms with Gasteiger partial charge in [0.15, 0.2) is 0 Å². The van der Waals surface area contributed by atoms with Gasteiger partial charge in [0.25, 0.3) is 11.6 Å². The maximum atomic E-state index is 13.6. The van der Waals surface area contributed by atoms with Crippen molar-refractivity contribution >= 4 is 11.6 Å². The molecule has 1 N–H and O–H groups in total. The lowest BCUT2D eigenvalue weighted by Crippen LogP contribution is -2.61. The molecule has 0 saturated heterocycles. The lowest BCUT2D eigenvalue weighted by Gasteiger charge is -2.39. The summed E-state index contributed by atoms with van der Waals surface area (Å²) in [5, 5.41) is 14.5. The van der Waals surface area contributed by atoms with Gasteiger partial charge in [-0.05, 0) is 37.3 Å². The molecule has 0 unspecified atom stereocenters. The zero-order valence-corrected chi connectivity index (χ0v) is 12.4. The number of hydrogen-bond acceptors (Lipinski definition) is 4. The van der Waals surface area contributed by atoms with Crippen molar-refractivity contribution in [2.75, 3.05) is 0 Å². The number of carbonyl (C=O) groups is 1. The highest BCUT2D eigenvalue weighted by atomic mass is 19.4. The van der Waals surface area contributed by atoms with E-state index < -0.39 is 23.7 Å². The molecule has 0 aromatic carbocycles. The van der Waals surface area contributed by atoms with Crippen LogP contribution in [0.5, 0.6) is 0 Å². The van der Waals surface area contributed by atoms with Gasteiger partial charge in [-0.3, -0.25) is 9.78 Å². The van der Waals surface area contributed by atoms with Crippen LogP contribution >= 0.6 is 0 Å². The van der Waals surface area contributed by atoms with Gasteiger partial charge in [0.05, 0.1) is 11.5 Å². The number of hydrazone groups is 1. The molecule has 0 spiro atoms. The zero-order valence-electron chi connectivity index (χ0n) is 12.4. The van der Waals surface area contributed by atoms with E-state index in [2.05, 4.69) is 10.1 Å². The molecule has 2 heterocycles. The summed E-state index contributed by atoms with van der Waals surface area (Å²) in [5.41, 5.74) is -3.12. The molecule has 124 valence electrons. The molecule has 1 aliphatic carbocycles. The number of halogens is 3. The number of hydrogen-bond donors (Lipinski definition) is 1. The van der Waals surface area contributed by atoms with Crippen molar-refractivity contribution in [1.29, 1.82) is 0 Å². The molecule has 1 saturated carbocycles. The quantitative estimate of drug-likeness (QED) is 0.862. The van der Waals surface area contributed by atoms with Crippen molar-refractivity contribution in [3.05, 3.63) is 30.1 Å². The van der Waals surface area contributed by atoms with Crippen LogP contribution in [0.25, 0.3) is 0 Å². The Balaban J connectivity index is 2.04. The third-order valence-corrected chi connectivity index (χ3v) is 4.49. The van der Waals surface area contributed by atoms with E-state index >= 15 is 0 Å². The number of nitrogens with zero attached hydrogens (tertiary/aromatic N) is 3. The van der Waals surface area contributed by atoms with E-state index in [9.17, 15) is 23.1 Å². The summed E-state index contributed by atoms with van der Waals surface area (Å²) in [5.74, 6) is -2.19. The van der Waals surface area contributed by atoms with Crippen LogP contribution in [0.4, 0.5) is 13.2 Å². The predicted molar refractivity (Wildman–Crippen MR) is 75.4 cm³/mol. The first-order valence-electron chi connectivity index (χ1n) is 7.36. The zero-order chi connectivity index (χ0) is 16.8. The average Bonchev–Trinajstić information content (AvgIpc) is 2.81. The SMILES string of the molecule is C[C@H]1CCC2=NN(C(=O)c3cccnc3)[C@@](O)(C(F)(F)F)[C@@H]2C1. The Morgan fingerprint density at radius 1 is 1.48 bits per heavy atom. The standard InChI is InChI=1S/C15H16F3N3O2/c1-9-4-5-12-11(7-9)14(23,15(16,17)18)21(20-12)13(22)10-3-2-6-19-8-10/h2-3,6,8-9,11,23H,4-5,7H2,1H3/t9-,11+,14-/m0/s1. The molecule has 3 rings (SSSR count). The number of pyridine rings is 1. The molecule has 2 aliphatic rings. The molecule has 1 aliphatic heterocycles. The molecule has 1 fully saturated rings. The van der Waals surface area contributed by atoms with E-state index in [-0.39, 0.29) is 28.6 Å². The van der Waals surface area contributed by atoms with Gasteiger partial charge in [-0.2, -0.15) is 23.3 Å². The highest BCUT2D eigenvalue weighted by Crippen LogP contribution is 2.49. The Morgan fingerprint density at radius 2 is 2.22 bits per heavy atom. The highest BCUT2D eigenvalue weighted by molar-refractivity contribution is 5.99. The van der Waals surface area contributed by atoms with Gasteiger partial charge in [-0.1, -0.05) is 6.92 Å². The summed E-state index contributed by atoms with van der Waals surface area (Å²) >= 11 is 0. The first-order chi connectivity index (χ1) is 10.7. The van der Waals surface area contributed by atoms with Gasteiger partial charge in [0.2, 0.25) is 0 Å². The van der Waals surface area contributed by atoms with Gasteiger partial charge in [-0.25, -0.2) is 0 Å². The second kappa shape index (κ2) is 5.30. The monoisotopic (exact) mass is 327 g/mol. The molecule has 5 nitrogen and oxygen atoms in total. The van der Waals surface area contributed by atoms with Gasteiger partial charge >= 0.3 is 6.18 Å². The number of rotatable bonds is 1. The Labute approximate surface area is 130 Å². The second-order valence-electron chi connectivity index (χ2n) is 6.11. The second-order valence-corrected chi connectivity index (χ2v) is 6.11. The minimum atomic E-state index is -5.00. The molecule has 1 aromatic heterocycles. The van der Waals surface area contributed by atoms with Crippen molar-refractivity contribution in [1.82, 2.24) is 9.99 Å². The van der Waals surface area contributed by atoms with Crippen LogP contribution < -0.4 is 0 Å². The fourth-order valence-electron chi connectivity index (χ4n) is 3.22. The van der Waals surface area contributed by atoms with Crippen LogP contribution in [-0.2, 0) is 0 Å². The fourth-order valence-corrected chi connectivity index (χ4v) is 3.22. The first-order valence-corrected chi connectivity index (χ1v) is 7.36. The number of alkyl halides is 3. The summed E-state index contributed by atoms with van der Waals surface area (Å²) < 4.78 is 40.9. The highest BCUT2D eigenvalue weighted by Gasteiger charge is 2.68. The van der Waals surface area contributed by atoms with Gasteiger partial charge < -0.3 is 5.11 Å². The molecule has 0 radical (unpaired) electrons. The molecule has 8 heteroatoms. The van der Waals surface area contributed by atoms with Crippen LogP contribution in [0, 0.1) is 11.8 Å². The number of aromatic nitrogens is 1. The topological polar surface area (TPSA) is 65.8 Å². The van der Waals surface area contributed by atoms with E-state index in [1.807, 2.05) is 6.92 Å². The van der Waals surface area contributed by atoms with Crippen LogP contribution in [0.15, 0.2) is 29.6 Å². The summed E-state index contributed by atoms with van der Waals surface area (Å²) in [6, 6.07) is 2.79. The maximum Gasteiger partial charge on any atom is 0.439 e. The van der Waals surface area contributed by atoms with Crippen LogP contribution in [0.1, 0.15) is 36.5 Å². The number of amides is 1. The number of fused-ring (bicyclic) bond motifs is 1. The summed E-state index contributed by atoms with van der Waals surface area (Å²) in [4.78, 5) is 16.2. The van der Waals surface area contributed by atoms with Crippen molar-refractivity contribution in [2.45, 2.75) is 38.1 Å². The van der Waals surface area contributed by atoms with Gasteiger partial charge in [-0.15, -0.1) is 0 Å². The Bertz CT molecular complexity index is 647. The van der Waals surface area contributed by atoms with Crippen molar-refractivity contribution in [2.24, 2.45) is 16.9 Å². The van der Waals surface area contributed by atoms with Gasteiger partial charge in [0.1, 0.15) is 0 Å². The van der Waals surface area contributed by atoms with E-state index in [0.29, 0.717) is 12.8 Å². The normalized spacial score (nSPS) is 30.8. The molecular formula is C15H16F3N3O2. The van der Waals surface area contributed by atoms with Crippen molar-refractivity contribution < 1.29 is 23.1 Å². The average molecular weight is 327 g/mol. The summed E-state index contributed by atoms with van der Waals surface area (Å²) in [6.45, 7) is 1.83. The lowest BCUT2D eigenvalue weighted by atomic mass is 9.76. The smallest absolute Gasteiger partial charge is 0.362 e. The molecule has 1 aromatic rings. The summed E-state index contributed by atoms with van der Waals surface area (Å²) in [6.07, 6.45) is -1.25. The van der Waals surface area contributed by atoms with E-state index in [1.165, 1.54) is 18.3 Å². The van der Waals surface area contributed by atoms with Crippen molar-refractivity contribution in [3.8, 4) is 0 Å². The minimum absolute atomic E-state index is 0.0290. The third kappa shape index (κ3) is 2.41. The first kappa shape index (κ1) is 15.9. The maximum absolute atomic E-state index is 13.6. The number of carbonyl (C=O) groups excluding carboxylic acids is 1. The predicted octanol–water partition coefficient (Wildman–Crippen LogP) is 2.58. The van der Waals surface area contributed by atoms with Gasteiger partial charge in [0, 0.05) is 18.1 Å². The Kier molecular flexibility index (Phi) is 3.66. The Morgan fingerprint density at radius 3 is 2.83 bits per heavy atom. The Hall–Kier alpha value is -1.96. The lowest BCUT2D eigenvalue weighted by molar-refractivity contribution is -0.313. The van der Waals surface area contributed by atoms with Crippen LogP contribution in [0.2, 0.25) is 0 Å². The fraction of sp³-hybridized carbons (Fsp3) is 0.533. The van der Waals surface area contributed by atoms with E-state index in [1.54, 1.807) is 0 Å². The summed E-state index contributed by atoms with van der Waals surface area (Å²) in [7, 11) is 0. The van der Waals surface area contributed by atoms with Crippen molar-refractivity contribution in [3.63, 3.8) is 0 Å². The van der Waals surface area contributed by atoms with E-state index in [4.69, 9.17) is 0 Å². The van der Waals surface area contributed by atoms with Crippen LogP contribution in [-0.4, -0.2) is 38.6 Å². The van der Waals surface area contributed by atoms with Crippen LogP contribution in [0.3, 0.4) is 0 Å². The minimum Gasteiger partial charge on any atom is -0.362 e. The van der Waals surface area contributed by atoms with E-state index in [0.717, 1.165) is 6.20 Å².